The van der Waals surface area contributed by atoms with Crippen LogP contribution in [0.5, 0.6) is 0 Å². The SMILES string of the molecule is Cc1cc(C(N)C2CCCc3cccnc32)ccc1F. The number of nitrogens with two attached hydrogens (primary N) is 1. The average molecular weight is 270 g/mol. The number of nitrogens with zero attached hydrogens (tertiary/aromatic N) is 1. The Morgan fingerprint density at radius 1 is 1.35 bits per heavy atom. The lowest BCUT2D eigenvalue weighted by Gasteiger charge is -2.29. The quantitative estimate of drug-likeness (QED) is 0.904. The molecule has 1 aromatic heterocycles. The second kappa shape index (κ2) is 5.33. The third-order valence-corrected chi connectivity index (χ3v) is 4.24. The summed E-state index contributed by atoms with van der Waals surface area (Å²) in [7, 11) is 0. The van der Waals surface area contributed by atoms with E-state index < -0.39 is 0 Å². The Bertz CT molecular complexity index is 624. The lowest BCUT2D eigenvalue weighted by atomic mass is 9.80. The summed E-state index contributed by atoms with van der Waals surface area (Å²) >= 11 is 0. The van der Waals surface area contributed by atoms with Gasteiger partial charge in [-0.2, -0.15) is 0 Å². The van der Waals surface area contributed by atoms with Crippen LogP contribution in [0, 0.1) is 12.7 Å². The fourth-order valence-electron chi connectivity index (χ4n) is 3.10. The van der Waals surface area contributed by atoms with Crippen LogP contribution < -0.4 is 5.73 Å². The number of halogens is 1. The van der Waals surface area contributed by atoms with Gasteiger partial charge < -0.3 is 5.73 Å². The second-order valence-corrected chi connectivity index (χ2v) is 5.58. The predicted molar refractivity (Wildman–Crippen MR) is 78.0 cm³/mol. The van der Waals surface area contributed by atoms with Crippen LogP contribution in [0.1, 0.15) is 47.2 Å². The average Bonchev–Trinajstić information content (AvgIpc) is 2.49. The second-order valence-electron chi connectivity index (χ2n) is 5.58. The normalized spacial score (nSPS) is 19.4. The molecule has 0 radical (unpaired) electrons. The van der Waals surface area contributed by atoms with Crippen LogP contribution in [0.25, 0.3) is 0 Å². The van der Waals surface area contributed by atoms with Crippen molar-refractivity contribution < 1.29 is 4.39 Å². The highest BCUT2D eigenvalue weighted by Crippen LogP contribution is 2.38. The number of pyridine rings is 1. The van der Waals surface area contributed by atoms with Gasteiger partial charge in [0.05, 0.1) is 0 Å². The number of benzene rings is 1. The number of rotatable bonds is 2. The van der Waals surface area contributed by atoms with Crippen LogP contribution >= 0.6 is 0 Å². The zero-order valence-corrected chi connectivity index (χ0v) is 11.6. The van der Waals surface area contributed by atoms with Gasteiger partial charge in [-0.3, -0.25) is 4.98 Å². The molecule has 1 aromatic carbocycles. The first-order valence-corrected chi connectivity index (χ1v) is 7.12. The molecule has 0 saturated carbocycles. The lowest BCUT2D eigenvalue weighted by molar-refractivity contribution is 0.462. The van der Waals surface area contributed by atoms with Crippen LogP contribution in [-0.2, 0) is 6.42 Å². The Balaban J connectivity index is 1.95. The molecule has 104 valence electrons. The van der Waals surface area contributed by atoms with Crippen LogP contribution in [0.15, 0.2) is 36.5 Å². The molecule has 2 aromatic rings. The van der Waals surface area contributed by atoms with Gasteiger partial charge in [0.2, 0.25) is 0 Å². The molecule has 3 heteroatoms. The van der Waals surface area contributed by atoms with E-state index >= 15 is 0 Å². The number of aryl methyl sites for hydroxylation is 2. The Hall–Kier alpha value is -1.74. The van der Waals surface area contributed by atoms with E-state index in [4.69, 9.17) is 5.73 Å². The molecule has 1 aliphatic carbocycles. The summed E-state index contributed by atoms with van der Waals surface area (Å²) < 4.78 is 13.4. The Kier molecular flexibility index (Phi) is 3.53. The zero-order valence-electron chi connectivity index (χ0n) is 11.6. The minimum atomic E-state index is -0.178. The van der Waals surface area contributed by atoms with Crippen molar-refractivity contribution in [2.75, 3.05) is 0 Å². The monoisotopic (exact) mass is 270 g/mol. The molecule has 1 heterocycles. The first-order valence-electron chi connectivity index (χ1n) is 7.12. The maximum atomic E-state index is 13.4. The van der Waals surface area contributed by atoms with Crippen molar-refractivity contribution in [3.05, 3.63) is 64.7 Å². The highest BCUT2D eigenvalue weighted by molar-refractivity contribution is 5.33. The molecule has 2 nitrogen and oxygen atoms in total. The van der Waals surface area contributed by atoms with E-state index in [1.165, 1.54) is 11.6 Å². The van der Waals surface area contributed by atoms with E-state index in [0.717, 1.165) is 30.5 Å². The van der Waals surface area contributed by atoms with E-state index in [-0.39, 0.29) is 17.8 Å². The predicted octanol–water partition coefficient (Wildman–Crippen LogP) is 3.65. The fourth-order valence-corrected chi connectivity index (χ4v) is 3.10. The summed E-state index contributed by atoms with van der Waals surface area (Å²) in [6.07, 6.45) is 5.09. The summed E-state index contributed by atoms with van der Waals surface area (Å²) in [5.41, 5.74) is 10.5. The number of hydrogen-bond donors (Lipinski definition) is 1. The highest BCUT2D eigenvalue weighted by atomic mass is 19.1. The number of aromatic nitrogens is 1. The number of fused-ring (bicyclic) bond motifs is 1. The van der Waals surface area contributed by atoms with E-state index in [2.05, 4.69) is 11.1 Å². The van der Waals surface area contributed by atoms with Crippen LogP contribution in [0.2, 0.25) is 0 Å². The Morgan fingerprint density at radius 3 is 3.00 bits per heavy atom. The van der Waals surface area contributed by atoms with Crippen LogP contribution in [0.4, 0.5) is 4.39 Å². The highest BCUT2D eigenvalue weighted by Gasteiger charge is 2.27. The van der Waals surface area contributed by atoms with Crippen molar-refractivity contribution in [2.24, 2.45) is 5.73 Å². The van der Waals surface area contributed by atoms with Crippen molar-refractivity contribution in [2.45, 2.75) is 38.1 Å². The first-order chi connectivity index (χ1) is 9.66. The largest absolute Gasteiger partial charge is 0.323 e. The van der Waals surface area contributed by atoms with Crippen LogP contribution in [-0.4, -0.2) is 4.98 Å². The first kappa shape index (κ1) is 13.3. The molecule has 2 unspecified atom stereocenters. The lowest BCUT2D eigenvalue weighted by Crippen LogP contribution is -2.24. The maximum absolute atomic E-state index is 13.4. The van der Waals surface area contributed by atoms with Gasteiger partial charge in [-0.15, -0.1) is 0 Å². The summed E-state index contributed by atoms with van der Waals surface area (Å²) in [5.74, 6) is 0.0490. The van der Waals surface area contributed by atoms with E-state index in [9.17, 15) is 4.39 Å². The minimum Gasteiger partial charge on any atom is -0.323 e. The molecule has 0 spiro atoms. The molecule has 2 atom stereocenters. The molecule has 0 bridgehead atoms. The van der Waals surface area contributed by atoms with Crippen molar-refractivity contribution >= 4 is 0 Å². The van der Waals surface area contributed by atoms with Gasteiger partial charge in [-0.1, -0.05) is 18.2 Å². The molecular weight excluding hydrogens is 251 g/mol. The van der Waals surface area contributed by atoms with Gasteiger partial charge in [0.25, 0.3) is 0 Å². The summed E-state index contributed by atoms with van der Waals surface area (Å²) in [6, 6.07) is 9.16. The summed E-state index contributed by atoms with van der Waals surface area (Å²) in [4.78, 5) is 4.53. The van der Waals surface area contributed by atoms with Gasteiger partial charge in [0, 0.05) is 23.9 Å². The minimum absolute atomic E-state index is 0.122. The molecule has 20 heavy (non-hydrogen) atoms. The smallest absolute Gasteiger partial charge is 0.126 e. The van der Waals surface area contributed by atoms with Gasteiger partial charge in [0.15, 0.2) is 0 Å². The fraction of sp³-hybridized carbons (Fsp3) is 0.353. The number of hydrogen-bond acceptors (Lipinski definition) is 2. The Morgan fingerprint density at radius 2 is 2.20 bits per heavy atom. The topological polar surface area (TPSA) is 38.9 Å². The zero-order chi connectivity index (χ0) is 14.1. The van der Waals surface area contributed by atoms with Gasteiger partial charge in [-0.05, 0) is 55.0 Å². The van der Waals surface area contributed by atoms with E-state index in [1.54, 1.807) is 13.0 Å². The summed E-state index contributed by atoms with van der Waals surface area (Å²) in [6.45, 7) is 1.78. The molecular formula is C17H19FN2. The molecule has 0 fully saturated rings. The molecule has 3 rings (SSSR count). The third kappa shape index (κ3) is 2.34. The molecule has 0 saturated heterocycles. The third-order valence-electron chi connectivity index (χ3n) is 4.24. The van der Waals surface area contributed by atoms with Gasteiger partial charge in [-0.25, -0.2) is 4.39 Å². The van der Waals surface area contributed by atoms with Gasteiger partial charge in [0.1, 0.15) is 5.82 Å². The van der Waals surface area contributed by atoms with Gasteiger partial charge >= 0.3 is 0 Å². The maximum Gasteiger partial charge on any atom is 0.126 e. The standard InChI is InChI=1S/C17H19FN2/c1-11-10-13(7-8-15(11)18)16(19)14-6-2-4-12-5-3-9-20-17(12)14/h3,5,7-10,14,16H,2,4,6,19H2,1H3. The van der Waals surface area contributed by atoms with Crippen molar-refractivity contribution in [1.29, 1.82) is 0 Å². The van der Waals surface area contributed by atoms with Crippen molar-refractivity contribution in [3.63, 3.8) is 0 Å². The molecule has 0 amide bonds. The molecule has 2 N–H and O–H groups in total. The van der Waals surface area contributed by atoms with Crippen molar-refractivity contribution in [1.82, 2.24) is 4.98 Å². The molecule has 0 aliphatic heterocycles. The van der Waals surface area contributed by atoms with Crippen LogP contribution in [0.3, 0.4) is 0 Å². The molecule has 1 aliphatic rings. The summed E-state index contributed by atoms with van der Waals surface area (Å²) in [5, 5.41) is 0. The van der Waals surface area contributed by atoms with E-state index in [0.29, 0.717) is 5.56 Å². The van der Waals surface area contributed by atoms with Crippen molar-refractivity contribution in [3.8, 4) is 0 Å². The van der Waals surface area contributed by atoms with E-state index in [1.807, 2.05) is 18.3 Å². The Labute approximate surface area is 118 Å².